The van der Waals surface area contributed by atoms with Gasteiger partial charge >= 0.3 is 5.97 Å². The topological polar surface area (TPSA) is 46.5 Å². The van der Waals surface area contributed by atoms with Gasteiger partial charge in [-0.05, 0) is 51.4 Å². The number of aliphatic hydroxyl groups is 1. The van der Waals surface area contributed by atoms with Crippen molar-refractivity contribution in [1.29, 1.82) is 0 Å². The highest BCUT2D eigenvalue weighted by Gasteiger charge is 2.50. The molecule has 1 rings (SSSR count). The summed E-state index contributed by atoms with van der Waals surface area (Å²) in [6.45, 7) is 12.2. The van der Waals surface area contributed by atoms with Crippen molar-refractivity contribution in [3.05, 3.63) is 11.6 Å². The van der Waals surface area contributed by atoms with Crippen molar-refractivity contribution in [2.45, 2.75) is 66.4 Å². The Hall–Kier alpha value is -0.830. The van der Waals surface area contributed by atoms with Crippen molar-refractivity contribution in [1.82, 2.24) is 0 Å². The lowest BCUT2D eigenvalue weighted by Crippen LogP contribution is -2.53. The van der Waals surface area contributed by atoms with Gasteiger partial charge < -0.3 is 9.84 Å². The first-order valence-corrected chi connectivity index (χ1v) is 7.56. The van der Waals surface area contributed by atoms with Crippen LogP contribution in [-0.2, 0) is 9.53 Å². The van der Waals surface area contributed by atoms with Crippen LogP contribution in [0.3, 0.4) is 0 Å². The fourth-order valence-corrected chi connectivity index (χ4v) is 3.49. The summed E-state index contributed by atoms with van der Waals surface area (Å²) in [7, 11) is 0. The molecule has 0 aromatic carbocycles. The van der Waals surface area contributed by atoms with Gasteiger partial charge in [-0.1, -0.05) is 25.5 Å². The highest BCUT2D eigenvalue weighted by atomic mass is 16.5. The molecule has 0 amide bonds. The van der Waals surface area contributed by atoms with E-state index in [0.29, 0.717) is 12.5 Å². The van der Waals surface area contributed by atoms with Gasteiger partial charge in [-0.15, -0.1) is 0 Å². The molecule has 1 aliphatic carbocycles. The first-order chi connectivity index (χ1) is 9.07. The summed E-state index contributed by atoms with van der Waals surface area (Å²) in [6, 6.07) is 0. The summed E-state index contributed by atoms with van der Waals surface area (Å²) in [5, 5.41) is 10.7. The largest absolute Gasteiger partial charge is 0.465 e. The molecule has 1 saturated carbocycles. The Morgan fingerprint density at radius 2 is 1.90 bits per heavy atom. The number of hydrogen-bond donors (Lipinski definition) is 1. The van der Waals surface area contributed by atoms with Crippen LogP contribution in [0.1, 0.15) is 60.8 Å². The average molecular weight is 282 g/mol. The number of carbonyl (C=O) groups is 1. The third kappa shape index (κ3) is 4.08. The molecule has 20 heavy (non-hydrogen) atoms. The van der Waals surface area contributed by atoms with Gasteiger partial charge in [-0.25, -0.2) is 0 Å². The number of carbonyl (C=O) groups excluding carboxylic acids is 1. The number of allylic oxidation sites excluding steroid dienone is 2. The zero-order valence-electron chi connectivity index (χ0n) is 13.8. The first-order valence-electron chi connectivity index (χ1n) is 7.56. The molecule has 0 heterocycles. The van der Waals surface area contributed by atoms with E-state index in [4.69, 9.17) is 4.74 Å². The zero-order valence-corrected chi connectivity index (χ0v) is 13.8. The molecule has 0 unspecified atom stereocenters. The molecule has 3 nitrogen and oxygen atoms in total. The van der Waals surface area contributed by atoms with Crippen LogP contribution >= 0.6 is 0 Å². The Morgan fingerprint density at radius 3 is 2.40 bits per heavy atom. The van der Waals surface area contributed by atoms with E-state index in [9.17, 15) is 9.90 Å². The summed E-state index contributed by atoms with van der Waals surface area (Å²) in [5.74, 6) is 0.212. The SMILES string of the molecule is CC(=O)OC[C@@H]1C(C)(C)[C@H](CC=C(C)C)CC[C@@]1(C)O. The van der Waals surface area contributed by atoms with Gasteiger partial charge in [0.15, 0.2) is 0 Å². The van der Waals surface area contributed by atoms with Gasteiger partial charge in [0.1, 0.15) is 0 Å². The number of esters is 1. The lowest BCUT2D eigenvalue weighted by atomic mass is 9.56. The molecule has 1 fully saturated rings. The van der Waals surface area contributed by atoms with Crippen molar-refractivity contribution in [3.63, 3.8) is 0 Å². The predicted molar refractivity (Wildman–Crippen MR) is 81.3 cm³/mol. The molecule has 3 heteroatoms. The molecule has 0 radical (unpaired) electrons. The molecular weight excluding hydrogens is 252 g/mol. The molecule has 1 aliphatic rings. The fraction of sp³-hybridized carbons (Fsp3) is 0.824. The molecule has 0 aliphatic heterocycles. The van der Waals surface area contributed by atoms with E-state index in [1.807, 2.05) is 6.92 Å². The lowest BCUT2D eigenvalue weighted by Gasteiger charge is -2.52. The van der Waals surface area contributed by atoms with E-state index in [1.165, 1.54) is 12.5 Å². The van der Waals surface area contributed by atoms with Gasteiger partial charge in [0.25, 0.3) is 0 Å². The third-order valence-electron chi connectivity index (χ3n) is 4.96. The summed E-state index contributed by atoms with van der Waals surface area (Å²) in [4.78, 5) is 11.1. The van der Waals surface area contributed by atoms with Crippen molar-refractivity contribution in [3.8, 4) is 0 Å². The van der Waals surface area contributed by atoms with Crippen LogP contribution in [0.25, 0.3) is 0 Å². The van der Waals surface area contributed by atoms with Gasteiger partial charge in [0.05, 0.1) is 12.2 Å². The van der Waals surface area contributed by atoms with Crippen LogP contribution in [0.4, 0.5) is 0 Å². The maximum Gasteiger partial charge on any atom is 0.302 e. The summed E-state index contributed by atoms with van der Waals surface area (Å²) in [5.41, 5.74) is 0.512. The van der Waals surface area contributed by atoms with Gasteiger partial charge in [0, 0.05) is 12.8 Å². The Kier molecular flexibility index (Phi) is 5.42. The van der Waals surface area contributed by atoms with E-state index in [2.05, 4.69) is 33.8 Å². The lowest BCUT2D eigenvalue weighted by molar-refractivity contribution is -0.161. The first kappa shape index (κ1) is 17.2. The zero-order chi connectivity index (χ0) is 15.6. The number of hydrogen-bond acceptors (Lipinski definition) is 3. The Bertz CT molecular complexity index is 376. The molecule has 116 valence electrons. The van der Waals surface area contributed by atoms with Crippen LogP contribution < -0.4 is 0 Å². The summed E-state index contributed by atoms with van der Waals surface area (Å²) in [6.07, 6.45) is 5.08. The fourth-order valence-electron chi connectivity index (χ4n) is 3.49. The van der Waals surface area contributed by atoms with E-state index < -0.39 is 5.60 Å². The maximum atomic E-state index is 11.1. The number of rotatable bonds is 4. The monoisotopic (exact) mass is 282 g/mol. The third-order valence-corrected chi connectivity index (χ3v) is 4.96. The Morgan fingerprint density at radius 1 is 1.30 bits per heavy atom. The Balaban J connectivity index is 2.90. The molecule has 0 bridgehead atoms. The summed E-state index contributed by atoms with van der Waals surface area (Å²) >= 11 is 0. The number of ether oxygens (including phenoxy) is 1. The minimum Gasteiger partial charge on any atom is -0.465 e. The summed E-state index contributed by atoms with van der Waals surface area (Å²) < 4.78 is 5.21. The van der Waals surface area contributed by atoms with Crippen molar-refractivity contribution >= 4 is 5.97 Å². The molecule has 3 atom stereocenters. The van der Waals surface area contributed by atoms with Gasteiger partial charge in [0.2, 0.25) is 0 Å². The highest BCUT2D eigenvalue weighted by molar-refractivity contribution is 5.65. The predicted octanol–water partition coefficient (Wildman–Crippen LogP) is 3.71. The molecular formula is C17H30O3. The maximum absolute atomic E-state index is 11.1. The van der Waals surface area contributed by atoms with Crippen LogP contribution in [0, 0.1) is 17.3 Å². The molecule has 0 saturated heterocycles. The minimum atomic E-state index is -0.763. The molecule has 0 spiro atoms. The van der Waals surface area contributed by atoms with Crippen LogP contribution in [-0.4, -0.2) is 23.3 Å². The van der Waals surface area contributed by atoms with E-state index in [-0.39, 0.29) is 17.3 Å². The van der Waals surface area contributed by atoms with Crippen molar-refractivity contribution in [2.75, 3.05) is 6.61 Å². The quantitative estimate of drug-likeness (QED) is 0.631. The van der Waals surface area contributed by atoms with E-state index in [1.54, 1.807) is 0 Å². The second kappa shape index (κ2) is 6.30. The van der Waals surface area contributed by atoms with Crippen LogP contribution in [0.15, 0.2) is 11.6 Å². The molecule has 0 aromatic heterocycles. The molecule has 0 aromatic rings. The Labute approximate surface area is 123 Å². The van der Waals surface area contributed by atoms with E-state index in [0.717, 1.165) is 19.3 Å². The average Bonchev–Trinajstić information content (AvgIpc) is 2.25. The van der Waals surface area contributed by atoms with Gasteiger partial charge in [-0.3, -0.25) is 4.79 Å². The normalized spacial score (nSPS) is 32.5. The van der Waals surface area contributed by atoms with Crippen molar-refractivity contribution < 1.29 is 14.6 Å². The van der Waals surface area contributed by atoms with Gasteiger partial charge in [-0.2, -0.15) is 0 Å². The van der Waals surface area contributed by atoms with Crippen molar-refractivity contribution in [2.24, 2.45) is 17.3 Å². The standard InChI is InChI=1S/C17H30O3/c1-12(2)7-8-14-9-10-17(6,19)15(16(14,4)5)11-20-13(3)18/h7,14-15,19H,8-11H2,1-6H3/t14-,15-,17-/m1/s1. The van der Waals surface area contributed by atoms with Crippen LogP contribution in [0.2, 0.25) is 0 Å². The second-order valence-corrected chi connectivity index (χ2v) is 7.29. The highest BCUT2D eigenvalue weighted by Crippen LogP contribution is 2.51. The second-order valence-electron chi connectivity index (χ2n) is 7.29. The minimum absolute atomic E-state index is 0.0248. The molecule has 1 N–H and O–H groups in total. The van der Waals surface area contributed by atoms with Crippen LogP contribution in [0.5, 0.6) is 0 Å². The smallest absolute Gasteiger partial charge is 0.302 e. The van der Waals surface area contributed by atoms with E-state index >= 15 is 0 Å².